The highest BCUT2D eigenvalue weighted by atomic mass is 79.9. The van der Waals surface area contributed by atoms with Gasteiger partial charge in [0, 0.05) is 11.9 Å². The van der Waals surface area contributed by atoms with Crippen LogP contribution in [0, 0.1) is 5.82 Å². The van der Waals surface area contributed by atoms with E-state index in [1.807, 2.05) is 30.3 Å². The number of nitrogens with one attached hydrogen (secondary N) is 1. The van der Waals surface area contributed by atoms with Crippen LogP contribution in [0.4, 0.5) is 10.1 Å². The Morgan fingerprint density at radius 2 is 1.88 bits per heavy atom. The Labute approximate surface area is 152 Å². The number of nitrogens with zero attached hydrogens (tertiary/aromatic N) is 2. The molecule has 0 saturated carbocycles. The molecule has 0 aliphatic heterocycles. The van der Waals surface area contributed by atoms with E-state index in [4.69, 9.17) is 4.74 Å². The van der Waals surface area contributed by atoms with E-state index in [-0.39, 0.29) is 11.7 Å². The smallest absolute Gasteiger partial charge is 0.265 e. The maximum Gasteiger partial charge on any atom is 0.265 e. The molecule has 5 nitrogen and oxygen atoms in total. The van der Waals surface area contributed by atoms with Crippen molar-refractivity contribution in [1.29, 1.82) is 0 Å². The molecule has 0 unspecified atom stereocenters. The van der Waals surface area contributed by atoms with Crippen molar-refractivity contribution in [2.24, 2.45) is 0 Å². The van der Waals surface area contributed by atoms with Gasteiger partial charge in [0.25, 0.3) is 5.91 Å². The molecule has 3 rings (SSSR count). The lowest BCUT2D eigenvalue weighted by atomic mass is 10.3. The summed E-state index contributed by atoms with van der Waals surface area (Å²) in [5, 5.41) is 7.01. The third kappa shape index (κ3) is 4.24. The second kappa shape index (κ2) is 7.48. The molecule has 0 radical (unpaired) electrons. The Balaban J connectivity index is 1.68. The summed E-state index contributed by atoms with van der Waals surface area (Å²) in [6, 6.07) is 15.1. The molecule has 0 bridgehead atoms. The summed E-state index contributed by atoms with van der Waals surface area (Å²) in [6.07, 6.45) is 0.982. The molecule has 0 fully saturated rings. The maximum atomic E-state index is 12.9. The van der Waals surface area contributed by atoms with Crippen molar-refractivity contribution in [3.8, 4) is 11.6 Å². The number of rotatable bonds is 5. The van der Waals surface area contributed by atoms with Crippen LogP contribution in [0.3, 0.4) is 0 Å². The summed E-state index contributed by atoms with van der Waals surface area (Å²) >= 11 is 3.39. The summed E-state index contributed by atoms with van der Waals surface area (Å²) in [4.78, 5) is 12.2. The van der Waals surface area contributed by atoms with Gasteiger partial charge in [-0.25, -0.2) is 9.07 Å². The first-order valence-corrected chi connectivity index (χ1v) is 8.36. The Hall–Kier alpha value is -2.67. The minimum absolute atomic E-state index is 0.311. The zero-order chi connectivity index (χ0) is 17.8. The van der Waals surface area contributed by atoms with Crippen molar-refractivity contribution in [2.75, 3.05) is 5.32 Å². The first kappa shape index (κ1) is 17.2. The number of hydrogen-bond acceptors (Lipinski definition) is 3. The molecule has 1 heterocycles. The Bertz CT molecular complexity index is 866. The molecule has 1 amide bonds. The van der Waals surface area contributed by atoms with Crippen LogP contribution < -0.4 is 10.1 Å². The fourth-order valence-corrected chi connectivity index (χ4v) is 2.49. The van der Waals surface area contributed by atoms with E-state index in [0.29, 0.717) is 16.0 Å². The number of aromatic nitrogens is 2. The van der Waals surface area contributed by atoms with Crippen LogP contribution in [0.2, 0.25) is 0 Å². The average Bonchev–Trinajstić information content (AvgIpc) is 2.98. The van der Waals surface area contributed by atoms with Crippen molar-refractivity contribution in [1.82, 2.24) is 9.78 Å². The molecular weight excluding hydrogens is 389 g/mol. The number of ether oxygens (including phenoxy) is 1. The fraction of sp³-hybridized carbons (Fsp3) is 0.111. The minimum Gasteiger partial charge on any atom is -0.463 e. The van der Waals surface area contributed by atoms with E-state index < -0.39 is 6.10 Å². The number of anilines is 1. The molecule has 0 spiro atoms. The van der Waals surface area contributed by atoms with Gasteiger partial charge in [0.1, 0.15) is 5.82 Å². The highest BCUT2D eigenvalue weighted by molar-refractivity contribution is 9.10. The van der Waals surface area contributed by atoms with Gasteiger partial charge in [-0.3, -0.25) is 4.79 Å². The van der Waals surface area contributed by atoms with E-state index >= 15 is 0 Å². The van der Waals surface area contributed by atoms with Crippen LogP contribution in [0.25, 0.3) is 5.69 Å². The van der Waals surface area contributed by atoms with Crippen LogP contribution >= 0.6 is 15.9 Å². The van der Waals surface area contributed by atoms with Gasteiger partial charge in [-0.2, -0.15) is 0 Å². The number of carbonyl (C=O) groups excluding carboxylic acids is 1. The topological polar surface area (TPSA) is 56.2 Å². The number of halogens is 2. The molecule has 3 aromatic rings. The molecule has 128 valence electrons. The van der Waals surface area contributed by atoms with Gasteiger partial charge >= 0.3 is 0 Å². The number of carbonyl (C=O) groups is 1. The normalized spacial score (nSPS) is 11.8. The van der Waals surface area contributed by atoms with Crippen LogP contribution in [0.5, 0.6) is 5.88 Å². The quantitative estimate of drug-likeness (QED) is 0.694. The summed E-state index contributed by atoms with van der Waals surface area (Å²) in [6.45, 7) is 1.62. The lowest BCUT2D eigenvalue weighted by Crippen LogP contribution is -2.30. The van der Waals surface area contributed by atoms with Gasteiger partial charge in [-0.05, 0) is 59.3 Å². The SMILES string of the molecule is C[C@@H](Oc1nn(-c2ccccc2)cc1Br)C(=O)Nc1ccc(F)cc1. The predicted molar refractivity (Wildman–Crippen MR) is 96.4 cm³/mol. The van der Waals surface area contributed by atoms with Crippen molar-refractivity contribution in [3.63, 3.8) is 0 Å². The second-order valence-electron chi connectivity index (χ2n) is 5.32. The second-order valence-corrected chi connectivity index (χ2v) is 6.17. The molecule has 0 aliphatic carbocycles. The van der Waals surface area contributed by atoms with Gasteiger partial charge in [0.2, 0.25) is 5.88 Å². The summed E-state index contributed by atoms with van der Waals surface area (Å²) in [7, 11) is 0. The number of benzene rings is 2. The summed E-state index contributed by atoms with van der Waals surface area (Å²) in [5.41, 5.74) is 1.37. The van der Waals surface area contributed by atoms with Gasteiger partial charge in [-0.15, -0.1) is 5.10 Å². The molecule has 2 aromatic carbocycles. The molecule has 0 saturated heterocycles. The molecule has 1 N–H and O–H groups in total. The number of amides is 1. The summed E-state index contributed by atoms with van der Waals surface area (Å²) < 4.78 is 20.8. The lowest BCUT2D eigenvalue weighted by molar-refractivity contribution is -0.122. The third-order valence-corrected chi connectivity index (χ3v) is 3.97. The lowest BCUT2D eigenvalue weighted by Gasteiger charge is -2.13. The average molecular weight is 404 g/mol. The number of para-hydroxylation sites is 1. The largest absolute Gasteiger partial charge is 0.463 e. The fourth-order valence-electron chi connectivity index (χ4n) is 2.13. The molecule has 25 heavy (non-hydrogen) atoms. The Morgan fingerprint density at radius 1 is 1.20 bits per heavy atom. The van der Waals surface area contributed by atoms with E-state index in [1.165, 1.54) is 24.3 Å². The van der Waals surface area contributed by atoms with Gasteiger partial charge < -0.3 is 10.1 Å². The van der Waals surface area contributed by atoms with Crippen molar-refractivity contribution in [2.45, 2.75) is 13.0 Å². The monoisotopic (exact) mass is 403 g/mol. The molecule has 7 heteroatoms. The van der Waals surface area contributed by atoms with Gasteiger partial charge in [-0.1, -0.05) is 18.2 Å². The van der Waals surface area contributed by atoms with Gasteiger partial charge in [0.15, 0.2) is 6.10 Å². The van der Waals surface area contributed by atoms with Crippen LogP contribution in [0.1, 0.15) is 6.92 Å². The Kier molecular flexibility index (Phi) is 5.14. The van der Waals surface area contributed by atoms with E-state index in [2.05, 4.69) is 26.3 Å². The van der Waals surface area contributed by atoms with Crippen molar-refractivity contribution >= 4 is 27.5 Å². The van der Waals surface area contributed by atoms with Crippen LogP contribution in [0.15, 0.2) is 65.3 Å². The molecular formula is C18H15BrFN3O2. The molecule has 0 aliphatic rings. The third-order valence-electron chi connectivity index (χ3n) is 3.43. The zero-order valence-corrected chi connectivity index (χ0v) is 14.9. The van der Waals surface area contributed by atoms with E-state index in [0.717, 1.165) is 5.69 Å². The zero-order valence-electron chi connectivity index (χ0n) is 13.3. The Morgan fingerprint density at radius 3 is 2.56 bits per heavy atom. The molecule has 1 atom stereocenters. The van der Waals surface area contributed by atoms with E-state index in [9.17, 15) is 9.18 Å². The first-order chi connectivity index (χ1) is 12.0. The molecule has 1 aromatic heterocycles. The highest BCUT2D eigenvalue weighted by Gasteiger charge is 2.19. The first-order valence-electron chi connectivity index (χ1n) is 7.56. The van der Waals surface area contributed by atoms with Crippen LogP contribution in [-0.2, 0) is 4.79 Å². The number of hydrogen-bond donors (Lipinski definition) is 1. The van der Waals surface area contributed by atoms with Crippen molar-refractivity contribution < 1.29 is 13.9 Å². The predicted octanol–water partition coefficient (Wildman–Crippen LogP) is 4.18. The highest BCUT2D eigenvalue weighted by Crippen LogP contribution is 2.25. The van der Waals surface area contributed by atoms with E-state index in [1.54, 1.807) is 17.8 Å². The van der Waals surface area contributed by atoms with Gasteiger partial charge in [0.05, 0.1) is 10.2 Å². The maximum absolute atomic E-state index is 12.9. The minimum atomic E-state index is -0.777. The van der Waals surface area contributed by atoms with Crippen LogP contribution in [-0.4, -0.2) is 21.8 Å². The standard InChI is InChI=1S/C18H15BrFN3O2/c1-12(17(24)21-14-9-7-13(20)8-10-14)25-18-16(19)11-23(22-18)15-5-3-2-4-6-15/h2-12H,1H3,(H,21,24)/t12-/m1/s1. The van der Waals surface area contributed by atoms with Crippen molar-refractivity contribution in [3.05, 3.63) is 71.1 Å². The summed E-state index contributed by atoms with van der Waals surface area (Å²) in [5.74, 6) is -0.406.